The molecule has 0 aromatic rings. The monoisotopic (exact) mass is 255 g/mol. The molecule has 0 aliphatic carbocycles. The van der Waals surface area contributed by atoms with Gasteiger partial charge in [-0.1, -0.05) is 6.08 Å². The highest BCUT2D eigenvalue weighted by Gasteiger charge is 2.15. The molecule has 0 saturated carbocycles. The molecule has 0 spiro atoms. The van der Waals surface area contributed by atoms with Gasteiger partial charge in [-0.3, -0.25) is 4.99 Å². The number of nitrogens with one attached hydrogen (secondary N) is 2. The zero-order valence-electron chi connectivity index (χ0n) is 11.3. The highest BCUT2D eigenvalue weighted by Crippen LogP contribution is 2.07. The van der Waals surface area contributed by atoms with E-state index >= 15 is 0 Å². The van der Waals surface area contributed by atoms with Gasteiger partial charge in [-0.2, -0.15) is 0 Å². The minimum Gasteiger partial charge on any atom is -0.379 e. The Bertz CT molecular complexity index is 251. The molecule has 2 N–H and O–H groups in total. The van der Waals surface area contributed by atoms with E-state index in [9.17, 15) is 0 Å². The minimum absolute atomic E-state index is 0.293. The number of aliphatic imine (C=N–C) groups is 1. The molecule has 1 atom stereocenters. The van der Waals surface area contributed by atoms with Gasteiger partial charge in [0, 0.05) is 32.8 Å². The number of hydrogen-bond acceptors (Lipinski definition) is 3. The summed E-state index contributed by atoms with van der Waals surface area (Å²) in [4.78, 5) is 4.45. The number of nitrogens with zero attached hydrogens (tertiary/aromatic N) is 1. The van der Waals surface area contributed by atoms with Crippen LogP contribution in [0.1, 0.15) is 19.8 Å². The van der Waals surface area contributed by atoms with Crippen LogP contribution in [0.15, 0.2) is 17.6 Å². The van der Waals surface area contributed by atoms with E-state index in [2.05, 4.69) is 22.2 Å². The van der Waals surface area contributed by atoms with E-state index in [1.165, 1.54) is 0 Å². The third-order valence-corrected chi connectivity index (χ3v) is 2.57. The van der Waals surface area contributed by atoms with Crippen molar-refractivity contribution in [2.24, 2.45) is 4.99 Å². The summed E-state index contributed by atoms with van der Waals surface area (Å²) in [7, 11) is 0. The summed E-state index contributed by atoms with van der Waals surface area (Å²) in [6, 6.07) is 0. The second-order valence-corrected chi connectivity index (χ2v) is 4.14. The van der Waals surface area contributed by atoms with Crippen molar-refractivity contribution in [1.82, 2.24) is 10.6 Å². The average molecular weight is 255 g/mol. The lowest BCUT2D eigenvalue weighted by atomic mass is 10.3. The van der Waals surface area contributed by atoms with Crippen LogP contribution >= 0.6 is 0 Å². The molecule has 1 aliphatic heterocycles. The Labute approximate surface area is 110 Å². The van der Waals surface area contributed by atoms with E-state index < -0.39 is 0 Å². The molecule has 0 bridgehead atoms. The third-order valence-electron chi connectivity index (χ3n) is 2.57. The Morgan fingerprint density at radius 3 is 3.11 bits per heavy atom. The van der Waals surface area contributed by atoms with Crippen molar-refractivity contribution in [3.8, 4) is 0 Å². The van der Waals surface area contributed by atoms with Crippen LogP contribution in [-0.2, 0) is 9.47 Å². The van der Waals surface area contributed by atoms with Crippen molar-refractivity contribution >= 4 is 5.96 Å². The Morgan fingerprint density at radius 2 is 2.44 bits per heavy atom. The topological polar surface area (TPSA) is 54.9 Å². The van der Waals surface area contributed by atoms with Crippen molar-refractivity contribution in [3.05, 3.63) is 12.7 Å². The predicted molar refractivity (Wildman–Crippen MR) is 74.0 cm³/mol. The molecule has 1 rings (SSSR count). The van der Waals surface area contributed by atoms with Crippen LogP contribution in [0.4, 0.5) is 0 Å². The van der Waals surface area contributed by atoms with Crippen molar-refractivity contribution in [1.29, 1.82) is 0 Å². The van der Waals surface area contributed by atoms with Crippen molar-refractivity contribution in [2.75, 3.05) is 39.5 Å². The number of hydrogen-bond donors (Lipinski definition) is 2. The third kappa shape index (κ3) is 6.61. The molecule has 5 nitrogen and oxygen atoms in total. The van der Waals surface area contributed by atoms with Crippen LogP contribution in [0.5, 0.6) is 0 Å². The van der Waals surface area contributed by atoms with Crippen LogP contribution in [0, 0.1) is 0 Å². The molecular weight excluding hydrogens is 230 g/mol. The summed E-state index contributed by atoms with van der Waals surface area (Å²) in [6.07, 6.45) is 4.06. The van der Waals surface area contributed by atoms with Gasteiger partial charge in [0.25, 0.3) is 0 Å². The van der Waals surface area contributed by atoms with Gasteiger partial charge in [0.2, 0.25) is 0 Å². The van der Waals surface area contributed by atoms with Gasteiger partial charge in [0.1, 0.15) is 0 Å². The largest absolute Gasteiger partial charge is 0.379 e. The lowest BCUT2D eigenvalue weighted by Gasteiger charge is -2.10. The van der Waals surface area contributed by atoms with E-state index in [0.717, 1.165) is 58.3 Å². The number of ether oxygens (including phenoxy) is 2. The molecule has 5 heteroatoms. The van der Waals surface area contributed by atoms with E-state index in [1.54, 1.807) is 0 Å². The molecule has 18 heavy (non-hydrogen) atoms. The van der Waals surface area contributed by atoms with E-state index in [4.69, 9.17) is 9.47 Å². The Morgan fingerprint density at radius 1 is 1.56 bits per heavy atom. The zero-order valence-corrected chi connectivity index (χ0v) is 11.3. The summed E-state index contributed by atoms with van der Waals surface area (Å²) in [5.41, 5.74) is 0. The summed E-state index contributed by atoms with van der Waals surface area (Å²) in [6.45, 7) is 10.4. The first-order chi connectivity index (χ1) is 8.86. The van der Waals surface area contributed by atoms with Gasteiger partial charge in [0.15, 0.2) is 5.96 Å². The number of guanidine groups is 1. The lowest BCUT2D eigenvalue weighted by Crippen LogP contribution is -2.37. The second-order valence-electron chi connectivity index (χ2n) is 4.14. The lowest BCUT2D eigenvalue weighted by molar-refractivity contribution is 0.0424. The molecular formula is C13H25N3O2. The molecule has 1 aliphatic rings. The van der Waals surface area contributed by atoms with E-state index in [0.29, 0.717) is 6.10 Å². The van der Waals surface area contributed by atoms with Gasteiger partial charge >= 0.3 is 0 Å². The standard InChI is InChI=1S/C13H25N3O2/c1-3-7-15-13(14-4-2)16-8-5-9-18-12-6-10-17-11-12/h3,12H,1,4-11H2,2H3,(H2,14,15,16). The molecule has 1 heterocycles. The average Bonchev–Trinajstić information content (AvgIpc) is 2.88. The van der Waals surface area contributed by atoms with Crippen LogP contribution in [-0.4, -0.2) is 51.5 Å². The number of rotatable bonds is 8. The summed E-state index contributed by atoms with van der Waals surface area (Å²) < 4.78 is 10.9. The quantitative estimate of drug-likeness (QED) is 0.293. The van der Waals surface area contributed by atoms with Crippen molar-refractivity contribution < 1.29 is 9.47 Å². The summed E-state index contributed by atoms with van der Waals surface area (Å²) in [5, 5.41) is 6.34. The highest BCUT2D eigenvalue weighted by atomic mass is 16.5. The van der Waals surface area contributed by atoms with Crippen molar-refractivity contribution in [2.45, 2.75) is 25.9 Å². The van der Waals surface area contributed by atoms with E-state index in [-0.39, 0.29) is 0 Å². The normalized spacial score (nSPS) is 19.8. The predicted octanol–water partition coefficient (Wildman–Crippen LogP) is 0.923. The minimum atomic E-state index is 0.293. The molecule has 0 radical (unpaired) electrons. The molecule has 1 fully saturated rings. The zero-order chi connectivity index (χ0) is 13.1. The molecule has 1 saturated heterocycles. The first-order valence-electron chi connectivity index (χ1n) is 6.69. The Hall–Kier alpha value is -1.07. The molecule has 0 aromatic heterocycles. The van der Waals surface area contributed by atoms with Crippen LogP contribution in [0.3, 0.4) is 0 Å². The Kier molecular flexibility index (Phi) is 8.25. The van der Waals surface area contributed by atoms with Gasteiger partial charge < -0.3 is 20.1 Å². The van der Waals surface area contributed by atoms with E-state index in [1.807, 2.05) is 13.0 Å². The van der Waals surface area contributed by atoms with Gasteiger partial charge in [-0.05, 0) is 19.8 Å². The maximum atomic E-state index is 5.67. The molecule has 0 amide bonds. The van der Waals surface area contributed by atoms with Gasteiger partial charge in [-0.25, -0.2) is 0 Å². The first-order valence-corrected chi connectivity index (χ1v) is 6.69. The van der Waals surface area contributed by atoms with Crippen LogP contribution in [0.25, 0.3) is 0 Å². The maximum absolute atomic E-state index is 5.67. The first kappa shape index (κ1) is 15.0. The van der Waals surface area contributed by atoms with Crippen LogP contribution < -0.4 is 10.6 Å². The molecule has 1 unspecified atom stereocenters. The fourth-order valence-electron chi connectivity index (χ4n) is 1.66. The summed E-state index contributed by atoms with van der Waals surface area (Å²) >= 11 is 0. The SMILES string of the molecule is C=CCNC(=NCCCOC1CCOC1)NCC. The molecule has 104 valence electrons. The highest BCUT2D eigenvalue weighted by molar-refractivity contribution is 5.79. The maximum Gasteiger partial charge on any atom is 0.191 e. The van der Waals surface area contributed by atoms with Crippen LogP contribution in [0.2, 0.25) is 0 Å². The fourth-order valence-corrected chi connectivity index (χ4v) is 1.66. The van der Waals surface area contributed by atoms with Crippen molar-refractivity contribution in [3.63, 3.8) is 0 Å². The second kappa shape index (κ2) is 9.91. The van der Waals surface area contributed by atoms with Gasteiger partial charge in [0.05, 0.1) is 12.7 Å². The summed E-state index contributed by atoms with van der Waals surface area (Å²) in [5.74, 6) is 0.835. The molecule has 0 aromatic carbocycles. The van der Waals surface area contributed by atoms with Gasteiger partial charge in [-0.15, -0.1) is 6.58 Å². The Balaban J connectivity index is 2.08. The smallest absolute Gasteiger partial charge is 0.191 e. The fraction of sp³-hybridized carbons (Fsp3) is 0.769.